The number of hydrogen-bond acceptors (Lipinski definition) is 8. The van der Waals surface area contributed by atoms with Crippen molar-refractivity contribution in [3.05, 3.63) is 125 Å². The molecule has 3 aliphatic rings. The molecular formula is C36H35NO9. The lowest BCUT2D eigenvalue weighted by Crippen LogP contribution is -2.67. The van der Waals surface area contributed by atoms with Crippen LogP contribution in [0.1, 0.15) is 36.1 Å². The third-order valence-corrected chi connectivity index (χ3v) is 8.24. The number of carboxylic acids is 1. The average Bonchev–Trinajstić information content (AvgIpc) is 3.05. The summed E-state index contributed by atoms with van der Waals surface area (Å²) in [5.41, 5.74) is -0.356. The third kappa shape index (κ3) is 5.50. The van der Waals surface area contributed by atoms with E-state index in [0.29, 0.717) is 27.9 Å². The zero-order valence-electron chi connectivity index (χ0n) is 25.6. The van der Waals surface area contributed by atoms with Crippen molar-refractivity contribution in [3.8, 4) is 0 Å². The quantitative estimate of drug-likeness (QED) is 0.157. The van der Waals surface area contributed by atoms with E-state index in [1.54, 1.807) is 78.9 Å². The molecular weight excluding hydrogens is 590 g/mol. The van der Waals surface area contributed by atoms with Crippen LogP contribution in [0.5, 0.6) is 0 Å². The SMILES string of the molecule is C=C(C)C(=O)OCCOC12c3ccccc3C(OCCOC(=O)C(=C)C)(c3ccccc31)C(C(=O)Nc1ccccc1)C2C(=O)O. The molecule has 0 aliphatic heterocycles. The Morgan fingerprint density at radius 1 is 0.652 bits per heavy atom. The van der Waals surface area contributed by atoms with Gasteiger partial charge in [-0.1, -0.05) is 79.9 Å². The molecule has 10 heteroatoms. The van der Waals surface area contributed by atoms with Gasteiger partial charge in [-0.2, -0.15) is 0 Å². The molecule has 3 aliphatic carbocycles. The summed E-state index contributed by atoms with van der Waals surface area (Å²) in [4.78, 5) is 52.2. The fourth-order valence-electron chi connectivity index (χ4n) is 6.50. The number of fused-ring (bicyclic) bond motifs is 1. The summed E-state index contributed by atoms with van der Waals surface area (Å²) in [6, 6.07) is 22.8. The first-order valence-electron chi connectivity index (χ1n) is 14.8. The predicted octanol–water partition coefficient (Wildman–Crippen LogP) is 4.73. The van der Waals surface area contributed by atoms with Crippen molar-refractivity contribution < 1.29 is 43.2 Å². The summed E-state index contributed by atoms with van der Waals surface area (Å²) in [6.45, 7) is 9.55. The zero-order chi connectivity index (χ0) is 33.1. The van der Waals surface area contributed by atoms with E-state index in [2.05, 4.69) is 18.5 Å². The van der Waals surface area contributed by atoms with Crippen LogP contribution in [-0.4, -0.2) is 55.3 Å². The van der Waals surface area contributed by atoms with E-state index >= 15 is 0 Å². The van der Waals surface area contributed by atoms with E-state index in [9.17, 15) is 24.3 Å². The van der Waals surface area contributed by atoms with Gasteiger partial charge >= 0.3 is 17.9 Å². The zero-order valence-corrected chi connectivity index (χ0v) is 25.6. The second-order valence-corrected chi connectivity index (χ2v) is 11.2. The van der Waals surface area contributed by atoms with Gasteiger partial charge in [-0.15, -0.1) is 0 Å². The van der Waals surface area contributed by atoms with Crippen molar-refractivity contribution in [3.63, 3.8) is 0 Å². The number of carboxylic acid groups (broad SMARTS) is 1. The third-order valence-electron chi connectivity index (χ3n) is 8.24. The van der Waals surface area contributed by atoms with Gasteiger partial charge in [0, 0.05) is 16.8 Å². The van der Waals surface area contributed by atoms with Crippen LogP contribution < -0.4 is 5.32 Å². The van der Waals surface area contributed by atoms with Crippen LogP contribution in [0.25, 0.3) is 0 Å². The molecule has 0 fully saturated rings. The lowest BCUT2D eigenvalue weighted by molar-refractivity contribution is -0.200. The van der Waals surface area contributed by atoms with Crippen LogP contribution in [0, 0.1) is 11.8 Å². The van der Waals surface area contributed by atoms with Crippen molar-refractivity contribution in [1.82, 2.24) is 0 Å². The molecule has 0 spiro atoms. The maximum atomic E-state index is 14.5. The molecule has 3 aromatic rings. The minimum atomic E-state index is -1.68. The Morgan fingerprint density at radius 3 is 1.43 bits per heavy atom. The van der Waals surface area contributed by atoms with Crippen molar-refractivity contribution in [2.75, 3.05) is 31.7 Å². The van der Waals surface area contributed by atoms with E-state index in [1.165, 1.54) is 13.8 Å². The molecule has 0 heterocycles. The number of carbonyl (C=O) groups excluding carboxylic acids is 3. The summed E-state index contributed by atoms with van der Waals surface area (Å²) in [7, 11) is 0. The van der Waals surface area contributed by atoms with Gasteiger partial charge in [0.1, 0.15) is 30.3 Å². The van der Waals surface area contributed by atoms with Gasteiger partial charge < -0.3 is 29.4 Å². The summed E-state index contributed by atoms with van der Waals surface area (Å²) >= 11 is 0. The maximum Gasteiger partial charge on any atom is 0.333 e. The molecule has 10 nitrogen and oxygen atoms in total. The number of ether oxygens (including phenoxy) is 4. The van der Waals surface area contributed by atoms with Crippen molar-refractivity contribution in [2.24, 2.45) is 11.8 Å². The number of amides is 1. The highest BCUT2D eigenvalue weighted by molar-refractivity contribution is 5.99. The van der Waals surface area contributed by atoms with Crippen LogP contribution in [0.2, 0.25) is 0 Å². The van der Waals surface area contributed by atoms with E-state index in [0.717, 1.165) is 0 Å². The predicted molar refractivity (Wildman–Crippen MR) is 168 cm³/mol. The minimum Gasteiger partial charge on any atom is -0.481 e. The average molecular weight is 626 g/mol. The second-order valence-electron chi connectivity index (χ2n) is 11.2. The number of hydrogen-bond donors (Lipinski definition) is 2. The van der Waals surface area contributed by atoms with E-state index in [4.69, 9.17) is 18.9 Å². The van der Waals surface area contributed by atoms with Gasteiger partial charge in [0.15, 0.2) is 0 Å². The lowest BCUT2D eigenvalue weighted by Gasteiger charge is -2.60. The highest BCUT2D eigenvalue weighted by Gasteiger charge is 2.71. The second kappa shape index (κ2) is 13.1. The van der Waals surface area contributed by atoms with Gasteiger partial charge in [0.05, 0.1) is 19.1 Å². The summed E-state index contributed by atoms with van der Waals surface area (Å²) < 4.78 is 23.8. The molecule has 0 radical (unpaired) electrons. The smallest absolute Gasteiger partial charge is 0.333 e. The van der Waals surface area contributed by atoms with Crippen molar-refractivity contribution in [1.29, 1.82) is 0 Å². The molecule has 0 aromatic heterocycles. The van der Waals surface area contributed by atoms with Crippen molar-refractivity contribution in [2.45, 2.75) is 25.0 Å². The van der Waals surface area contributed by atoms with E-state index in [-0.39, 0.29) is 37.6 Å². The number of anilines is 1. The number of benzene rings is 3. The summed E-state index contributed by atoms with van der Waals surface area (Å²) in [6.07, 6.45) is 0. The van der Waals surface area contributed by atoms with Crippen molar-refractivity contribution >= 4 is 29.5 Å². The summed E-state index contributed by atoms with van der Waals surface area (Å²) in [5.74, 6) is -5.98. The molecule has 0 saturated carbocycles. The number of para-hydroxylation sites is 1. The minimum absolute atomic E-state index is 0.159. The lowest BCUT2D eigenvalue weighted by atomic mass is 9.49. The summed E-state index contributed by atoms with van der Waals surface area (Å²) in [5, 5.41) is 13.9. The van der Waals surface area contributed by atoms with Gasteiger partial charge in [-0.05, 0) is 48.2 Å². The van der Waals surface area contributed by atoms with Gasteiger partial charge in [-0.3, -0.25) is 9.59 Å². The molecule has 2 bridgehead atoms. The molecule has 46 heavy (non-hydrogen) atoms. The van der Waals surface area contributed by atoms with Crippen LogP contribution in [0.3, 0.4) is 0 Å². The Balaban J connectivity index is 1.68. The molecule has 2 atom stereocenters. The van der Waals surface area contributed by atoms with Crippen LogP contribution in [0.15, 0.2) is 103 Å². The van der Waals surface area contributed by atoms with Crippen LogP contribution >= 0.6 is 0 Å². The van der Waals surface area contributed by atoms with E-state index in [1.807, 2.05) is 0 Å². The maximum absolute atomic E-state index is 14.5. The van der Waals surface area contributed by atoms with Gasteiger partial charge in [0.2, 0.25) is 5.91 Å². The van der Waals surface area contributed by atoms with E-state index < -0.39 is 46.9 Å². The Kier molecular flexibility index (Phi) is 9.22. The first-order valence-corrected chi connectivity index (χ1v) is 14.8. The molecule has 0 saturated heterocycles. The highest BCUT2D eigenvalue weighted by atomic mass is 16.6. The highest BCUT2D eigenvalue weighted by Crippen LogP contribution is 2.65. The van der Waals surface area contributed by atoms with Gasteiger partial charge in [-0.25, -0.2) is 9.59 Å². The topological polar surface area (TPSA) is 137 Å². The molecule has 3 aromatic carbocycles. The molecule has 2 N–H and O–H groups in total. The number of rotatable bonds is 13. The number of aliphatic carboxylic acids is 1. The first-order chi connectivity index (χ1) is 22.1. The Labute approximate surface area is 266 Å². The molecule has 2 unspecified atom stereocenters. The first kappa shape index (κ1) is 32.3. The fourth-order valence-corrected chi connectivity index (χ4v) is 6.50. The standard InChI is InChI=1S/C36H35NO9/c1-22(2)33(41)43-18-20-45-35-25-14-8-10-16-27(25)36(28-17-11-9-15-26(28)35,46-21-19-44-34(42)23(3)4)30(32(39)40)29(35)31(38)37-24-12-6-5-7-13-24/h5-17,29-30H,1,3,18-21H2,2,4H3,(H,37,38)(H,39,40). The number of nitrogens with one attached hydrogen (secondary N) is 1. The normalized spacial score (nSPS) is 22.1. The number of carbonyl (C=O) groups is 4. The molecule has 1 amide bonds. The monoisotopic (exact) mass is 625 g/mol. The Hall–Kier alpha value is -5.06. The van der Waals surface area contributed by atoms with Crippen LogP contribution in [0.4, 0.5) is 5.69 Å². The van der Waals surface area contributed by atoms with Crippen LogP contribution in [-0.2, 0) is 49.3 Å². The number of esters is 2. The largest absolute Gasteiger partial charge is 0.481 e. The fraction of sp³-hybridized carbons (Fsp3) is 0.278. The Bertz CT molecular complexity index is 1650. The molecule has 6 rings (SSSR count). The Morgan fingerprint density at radius 2 is 1.04 bits per heavy atom. The van der Waals surface area contributed by atoms with Gasteiger partial charge in [0.25, 0.3) is 0 Å². The molecule has 238 valence electrons.